The molecular weight excluding hydrogens is 266 g/mol. The lowest BCUT2D eigenvalue weighted by atomic mass is 10.0. The zero-order valence-electron chi connectivity index (χ0n) is 11.3. The van der Waals surface area contributed by atoms with Gasteiger partial charge in [-0.25, -0.2) is 4.79 Å². The SMILES string of the molecule is CC(C)(C)OC(=O)N[C@@H](CC=O)c1cccc(Cl)c1. The predicted octanol–water partition coefficient (Wildman–Crippen LogP) is 3.49. The number of carbonyl (C=O) groups is 2. The highest BCUT2D eigenvalue weighted by Crippen LogP contribution is 2.20. The molecule has 1 aromatic carbocycles. The number of hydrogen-bond donors (Lipinski definition) is 1. The minimum Gasteiger partial charge on any atom is -0.444 e. The van der Waals surface area contributed by atoms with Gasteiger partial charge in [0.15, 0.2) is 0 Å². The maximum atomic E-state index is 11.7. The van der Waals surface area contributed by atoms with E-state index in [-0.39, 0.29) is 6.42 Å². The molecule has 5 heteroatoms. The first kappa shape index (κ1) is 15.5. The predicted molar refractivity (Wildman–Crippen MR) is 74.2 cm³/mol. The van der Waals surface area contributed by atoms with Crippen molar-refractivity contribution in [3.63, 3.8) is 0 Å². The molecule has 19 heavy (non-hydrogen) atoms. The summed E-state index contributed by atoms with van der Waals surface area (Å²) in [4.78, 5) is 22.4. The van der Waals surface area contributed by atoms with Crippen LogP contribution in [0.1, 0.15) is 38.8 Å². The Hall–Kier alpha value is -1.55. The average Bonchev–Trinajstić information content (AvgIpc) is 2.26. The highest BCUT2D eigenvalue weighted by molar-refractivity contribution is 6.30. The first-order valence-corrected chi connectivity index (χ1v) is 6.38. The number of rotatable bonds is 4. The van der Waals surface area contributed by atoms with Gasteiger partial charge < -0.3 is 14.8 Å². The van der Waals surface area contributed by atoms with Gasteiger partial charge in [0.2, 0.25) is 0 Å². The smallest absolute Gasteiger partial charge is 0.408 e. The fourth-order valence-electron chi connectivity index (χ4n) is 1.55. The summed E-state index contributed by atoms with van der Waals surface area (Å²) in [6, 6.07) is 6.58. The standard InChI is InChI=1S/C14H18ClNO3/c1-14(2,3)19-13(18)16-12(7-8-17)10-5-4-6-11(15)9-10/h4-6,8-9,12H,7H2,1-3H3,(H,16,18)/t12-/m0/s1. The second kappa shape index (κ2) is 6.57. The molecule has 0 aliphatic rings. The zero-order chi connectivity index (χ0) is 14.5. The zero-order valence-corrected chi connectivity index (χ0v) is 12.0. The molecule has 1 aromatic rings. The fourth-order valence-corrected chi connectivity index (χ4v) is 1.75. The summed E-state index contributed by atoms with van der Waals surface area (Å²) >= 11 is 5.90. The number of carbonyl (C=O) groups excluding carboxylic acids is 2. The maximum Gasteiger partial charge on any atom is 0.408 e. The molecule has 104 valence electrons. The van der Waals surface area contributed by atoms with E-state index in [1.165, 1.54) is 0 Å². The van der Waals surface area contributed by atoms with Gasteiger partial charge in [-0.1, -0.05) is 23.7 Å². The largest absolute Gasteiger partial charge is 0.444 e. The van der Waals surface area contributed by atoms with E-state index in [4.69, 9.17) is 16.3 Å². The van der Waals surface area contributed by atoms with Crippen molar-refractivity contribution < 1.29 is 14.3 Å². The Labute approximate surface area is 118 Å². The normalized spacial score (nSPS) is 12.6. The van der Waals surface area contributed by atoms with Crippen LogP contribution in [0.3, 0.4) is 0 Å². The van der Waals surface area contributed by atoms with Gasteiger partial charge in [-0.2, -0.15) is 0 Å². The van der Waals surface area contributed by atoms with Crippen LogP contribution in [-0.4, -0.2) is 18.0 Å². The lowest BCUT2D eigenvalue weighted by Crippen LogP contribution is -2.35. The van der Waals surface area contributed by atoms with Crippen molar-refractivity contribution in [2.75, 3.05) is 0 Å². The van der Waals surface area contributed by atoms with Crippen LogP contribution in [-0.2, 0) is 9.53 Å². The van der Waals surface area contributed by atoms with Crippen molar-refractivity contribution >= 4 is 24.0 Å². The second-order valence-electron chi connectivity index (χ2n) is 5.16. The molecule has 1 amide bonds. The van der Waals surface area contributed by atoms with Gasteiger partial charge in [0.1, 0.15) is 11.9 Å². The molecular formula is C14H18ClNO3. The Morgan fingerprint density at radius 3 is 2.68 bits per heavy atom. The summed E-state index contributed by atoms with van der Waals surface area (Å²) in [5, 5.41) is 3.22. The van der Waals surface area contributed by atoms with Gasteiger partial charge >= 0.3 is 6.09 Å². The van der Waals surface area contributed by atoms with Crippen molar-refractivity contribution in [2.45, 2.75) is 38.8 Å². The molecule has 0 bridgehead atoms. The fraction of sp³-hybridized carbons (Fsp3) is 0.429. The number of aldehydes is 1. The molecule has 0 heterocycles. The number of benzene rings is 1. The number of ether oxygens (including phenoxy) is 1. The molecule has 0 spiro atoms. The minimum absolute atomic E-state index is 0.166. The lowest BCUT2D eigenvalue weighted by Gasteiger charge is -2.23. The number of nitrogens with one attached hydrogen (secondary N) is 1. The van der Waals surface area contributed by atoms with Crippen LogP contribution < -0.4 is 5.32 Å². The van der Waals surface area contributed by atoms with E-state index in [2.05, 4.69) is 5.32 Å². The summed E-state index contributed by atoms with van der Waals surface area (Å²) in [6.07, 6.45) is 0.363. The summed E-state index contributed by atoms with van der Waals surface area (Å²) in [6.45, 7) is 5.34. The topological polar surface area (TPSA) is 55.4 Å². The molecule has 1 atom stereocenters. The van der Waals surface area contributed by atoms with E-state index < -0.39 is 17.7 Å². The Morgan fingerprint density at radius 2 is 2.16 bits per heavy atom. The Balaban J connectivity index is 2.78. The van der Waals surface area contributed by atoms with Crippen molar-refractivity contribution in [3.8, 4) is 0 Å². The van der Waals surface area contributed by atoms with Crippen molar-refractivity contribution in [3.05, 3.63) is 34.9 Å². The second-order valence-corrected chi connectivity index (χ2v) is 5.59. The number of amides is 1. The van der Waals surface area contributed by atoms with Crippen LogP contribution in [0.2, 0.25) is 5.02 Å². The van der Waals surface area contributed by atoms with Crippen LogP contribution in [0, 0.1) is 0 Å². The molecule has 0 radical (unpaired) electrons. The van der Waals surface area contributed by atoms with Crippen molar-refractivity contribution in [1.29, 1.82) is 0 Å². The van der Waals surface area contributed by atoms with Crippen LogP contribution in [0.15, 0.2) is 24.3 Å². The van der Waals surface area contributed by atoms with E-state index in [0.29, 0.717) is 5.02 Å². The van der Waals surface area contributed by atoms with Crippen molar-refractivity contribution in [2.24, 2.45) is 0 Å². The Kier molecular flexibility index (Phi) is 5.36. The summed E-state index contributed by atoms with van der Waals surface area (Å²) in [5.41, 5.74) is 0.190. The molecule has 0 aromatic heterocycles. The summed E-state index contributed by atoms with van der Waals surface area (Å²) < 4.78 is 5.17. The summed E-state index contributed by atoms with van der Waals surface area (Å²) in [5.74, 6) is 0. The van der Waals surface area contributed by atoms with E-state index >= 15 is 0 Å². The average molecular weight is 284 g/mol. The van der Waals surface area contributed by atoms with Crippen molar-refractivity contribution in [1.82, 2.24) is 5.32 Å². The molecule has 4 nitrogen and oxygen atoms in total. The molecule has 0 saturated carbocycles. The van der Waals surface area contributed by atoms with Gasteiger partial charge in [0.05, 0.1) is 6.04 Å². The number of hydrogen-bond acceptors (Lipinski definition) is 3. The van der Waals surface area contributed by atoms with E-state index in [0.717, 1.165) is 11.8 Å². The minimum atomic E-state index is -0.579. The van der Waals surface area contributed by atoms with E-state index in [1.807, 2.05) is 0 Å². The Bertz CT molecular complexity index is 454. The van der Waals surface area contributed by atoms with Gasteiger partial charge in [-0.3, -0.25) is 0 Å². The molecule has 0 aliphatic carbocycles. The van der Waals surface area contributed by atoms with Crippen LogP contribution in [0.4, 0.5) is 4.79 Å². The quantitative estimate of drug-likeness (QED) is 0.861. The highest BCUT2D eigenvalue weighted by atomic mass is 35.5. The van der Waals surface area contributed by atoms with E-state index in [1.54, 1.807) is 45.0 Å². The van der Waals surface area contributed by atoms with Crippen LogP contribution >= 0.6 is 11.6 Å². The molecule has 0 saturated heterocycles. The third kappa shape index (κ3) is 5.75. The lowest BCUT2D eigenvalue weighted by molar-refractivity contribution is -0.108. The highest BCUT2D eigenvalue weighted by Gasteiger charge is 2.20. The van der Waals surface area contributed by atoms with Crippen LogP contribution in [0.25, 0.3) is 0 Å². The monoisotopic (exact) mass is 283 g/mol. The van der Waals surface area contributed by atoms with Gasteiger partial charge in [-0.05, 0) is 38.5 Å². The van der Waals surface area contributed by atoms with Gasteiger partial charge in [-0.15, -0.1) is 0 Å². The molecule has 0 aliphatic heterocycles. The molecule has 1 N–H and O–H groups in total. The van der Waals surface area contributed by atoms with Gasteiger partial charge in [0, 0.05) is 11.4 Å². The molecule has 0 fully saturated rings. The first-order valence-electron chi connectivity index (χ1n) is 6.00. The Morgan fingerprint density at radius 1 is 1.47 bits per heavy atom. The third-order valence-electron chi connectivity index (χ3n) is 2.27. The third-order valence-corrected chi connectivity index (χ3v) is 2.51. The van der Waals surface area contributed by atoms with Gasteiger partial charge in [0.25, 0.3) is 0 Å². The number of alkyl carbamates (subject to hydrolysis) is 1. The van der Waals surface area contributed by atoms with E-state index in [9.17, 15) is 9.59 Å². The maximum absolute atomic E-state index is 11.7. The van der Waals surface area contributed by atoms with Crippen LogP contribution in [0.5, 0.6) is 0 Å². The molecule has 1 rings (SSSR count). The molecule has 0 unspecified atom stereocenters. The number of halogens is 1. The summed E-state index contributed by atoms with van der Waals surface area (Å²) in [7, 11) is 0. The first-order chi connectivity index (χ1) is 8.81.